The van der Waals surface area contributed by atoms with Gasteiger partial charge >= 0.3 is 6.18 Å². The molecule has 3 aromatic carbocycles. The number of aromatic nitrogens is 2. The van der Waals surface area contributed by atoms with Gasteiger partial charge in [-0.3, -0.25) is 4.90 Å². The van der Waals surface area contributed by atoms with E-state index < -0.39 is 43.8 Å². The van der Waals surface area contributed by atoms with Crippen molar-refractivity contribution in [3.63, 3.8) is 0 Å². The van der Waals surface area contributed by atoms with Gasteiger partial charge in [-0.05, 0) is 75.0 Å². The average Bonchev–Trinajstić information content (AvgIpc) is 3.71. The first-order chi connectivity index (χ1) is 25.8. The minimum atomic E-state index is -4.92. The summed E-state index contributed by atoms with van der Waals surface area (Å²) >= 11 is 0. The zero-order valence-corrected chi connectivity index (χ0v) is 31.0. The fourth-order valence-corrected chi connectivity index (χ4v) is 8.93. The molecule has 0 amide bonds. The first-order valence-corrected chi connectivity index (χ1v) is 18.9. The van der Waals surface area contributed by atoms with E-state index >= 15 is 8.78 Å². The Kier molecular flexibility index (Phi) is 11.6. The molecular formula is C38H42F5N5O5S. The van der Waals surface area contributed by atoms with Gasteiger partial charge in [-0.2, -0.15) is 13.2 Å². The number of likely N-dealkylation sites (N-methyl/N-ethyl adjacent to an activating group) is 1. The van der Waals surface area contributed by atoms with Crippen LogP contribution < -0.4 is 18.7 Å². The molecule has 54 heavy (non-hydrogen) atoms. The number of hydrogen-bond acceptors (Lipinski definition) is 9. The Labute approximate surface area is 311 Å². The number of sulfonamides is 1. The molecule has 6 rings (SSSR count). The fourth-order valence-electron chi connectivity index (χ4n) is 7.44. The summed E-state index contributed by atoms with van der Waals surface area (Å²) in [5, 5.41) is 0. The monoisotopic (exact) mass is 775 g/mol. The SMILES string of the molecule is COc1ccc(CN(c2ccncn2)S(=O)(=O)c2c(F)cc(N3CCC[C@](CCc4cccc(C(F)(F)F)c4)(N(C)[C@@H]4CCOC4)C3)cc2F)c(OC)c1. The summed E-state index contributed by atoms with van der Waals surface area (Å²) < 4.78 is 119. The maximum Gasteiger partial charge on any atom is 0.416 e. The van der Waals surface area contributed by atoms with E-state index in [4.69, 9.17) is 14.2 Å². The van der Waals surface area contributed by atoms with Crippen molar-refractivity contribution in [2.75, 3.05) is 56.8 Å². The van der Waals surface area contributed by atoms with Crippen molar-refractivity contribution in [2.45, 2.75) is 61.3 Å². The van der Waals surface area contributed by atoms with Crippen molar-refractivity contribution in [1.29, 1.82) is 0 Å². The number of ether oxygens (including phenoxy) is 3. The third kappa shape index (κ3) is 8.25. The molecule has 2 fully saturated rings. The Hall–Kier alpha value is -4.54. The topological polar surface area (TPSA) is 97.3 Å². The Bertz CT molecular complexity index is 2010. The summed E-state index contributed by atoms with van der Waals surface area (Å²) in [4.78, 5) is 10.8. The van der Waals surface area contributed by atoms with Crippen LogP contribution in [-0.2, 0) is 33.9 Å². The highest BCUT2D eigenvalue weighted by Crippen LogP contribution is 2.39. The number of hydrogen-bond donors (Lipinski definition) is 0. The minimum Gasteiger partial charge on any atom is -0.497 e. The van der Waals surface area contributed by atoms with Gasteiger partial charge in [0.2, 0.25) is 0 Å². The van der Waals surface area contributed by atoms with Crippen LogP contribution in [0.3, 0.4) is 0 Å². The fraction of sp³-hybridized carbons (Fsp3) is 0.421. The smallest absolute Gasteiger partial charge is 0.416 e. The van der Waals surface area contributed by atoms with Crippen LogP contribution in [0.4, 0.5) is 33.5 Å². The highest BCUT2D eigenvalue weighted by Gasteiger charge is 2.43. The van der Waals surface area contributed by atoms with E-state index in [1.807, 2.05) is 11.9 Å². The molecule has 0 aliphatic carbocycles. The predicted molar refractivity (Wildman–Crippen MR) is 192 cm³/mol. The maximum atomic E-state index is 16.3. The number of methoxy groups -OCH3 is 2. The molecule has 0 unspecified atom stereocenters. The van der Waals surface area contributed by atoms with E-state index in [1.165, 1.54) is 32.5 Å². The quantitative estimate of drug-likeness (QED) is 0.135. The van der Waals surface area contributed by atoms with Gasteiger partial charge in [-0.25, -0.2) is 31.5 Å². The molecule has 2 atom stereocenters. The lowest BCUT2D eigenvalue weighted by Crippen LogP contribution is -2.60. The second-order valence-electron chi connectivity index (χ2n) is 13.6. The highest BCUT2D eigenvalue weighted by molar-refractivity contribution is 7.92. The van der Waals surface area contributed by atoms with Gasteiger partial charge in [0.25, 0.3) is 10.0 Å². The summed E-state index contributed by atoms with van der Waals surface area (Å²) in [6.45, 7) is 1.41. The number of aryl methyl sites for hydroxylation is 1. The first kappa shape index (κ1) is 39.2. The van der Waals surface area contributed by atoms with E-state index in [9.17, 15) is 21.6 Å². The number of rotatable bonds is 13. The van der Waals surface area contributed by atoms with E-state index in [0.29, 0.717) is 68.9 Å². The maximum absolute atomic E-state index is 16.3. The Morgan fingerprint density at radius 3 is 2.46 bits per heavy atom. The molecule has 0 saturated carbocycles. The Morgan fingerprint density at radius 1 is 1.04 bits per heavy atom. The van der Waals surface area contributed by atoms with Gasteiger partial charge in [0.15, 0.2) is 4.90 Å². The molecule has 1 aromatic heterocycles. The molecule has 2 aliphatic heterocycles. The second-order valence-corrected chi connectivity index (χ2v) is 15.4. The van der Waals surface area contributed by atoms with Gasteiger partial charge in [0.1, 0.15) is 35.3 Å². The van der Waals surface area contributed by atoms with Crippen molar-refractivity contribution in [1.82, 2.24) is 14.9 Å². The third-order valence-corrected chi connectivity index (χ3v) is 12.2. The second kappa shape index (κ2) is 16.1. The molecular weight excluding hydrogens is 734 g/mol. The molecule has 0 N–H and O–H groups in total. The number of nitrogens with zero attached hydrogens (tertiary/aromatic N) is 5. The number of benzene rings is 3. The molecule has 2 saturated heterocycles. The zero-order valence-electron chi connectivity index (χ0n) is 30.2. The summed E-state index contributed by atoms with van der Waals surface area (Å²) in [6.07, 6.45) is 0.855. The van der Waals surface area contributed by atoms with Crippen LogP contribution in [-0.4, -0.2) is 82.4 Å². The van der Waals surface area contributed by atoms with Crippen LogP contribution in [0.25, 0.3) is 0 Å². The molecule has 290 valence electrons. The van der Waals surface area contributed by atoms with E-state index in [0.717, 1.165) is 41.3 Å². The number of alkyl halides is 3. The van der Waals surface area contributed by atoms with Crippen molar-refractivity contribution in [3.8, 4) is 11.5 Å². The average molecular weight is 776 g/mol. The summed E-state index contributed by atoms with van der Waals surface area (Å²) in [6, 6.07) is 13.4. The number of piperidine rings is 1. The van der Waals surface area contributed by atoms with Gasteiger partial charge < -0.3 is 19.1 Å². The van der Waals surface area contributed by atoms with Crippen molar-refractivity contribution in [3.05, 3.63) is 102 Å². The standard InChI is InChI=1S/C38H42F5N5O5S/c1-46(29-12-17-53-23-29)37(14-10-26-6-4-7-28(18-26)38(41,42)43)13-5-16-47(24-37)30-19-32(39)36(33(40)20-30)54(49,50)48(35-11-15-44-25-45-35)22-27-8-9-31(51-2)21-34(27)52-3/h4,6-9,11,15,18-21,25,29H,5,10,12-14,16-17,22-24H2,1-3H3/t29-,37-/m1/s1. The van der Waals surface area contributed by atoms with Crippen LogP contribution in [0.1, 0.15) is 42.4 Å². The van der Waals surface area contributed by atoms with Crippen molar-refractivity contribution in [2.24, 2.45) is 0 Å². The molecule has 16 heteroatoms. The van der Waals surface area contributed by atoms with Crippen LogP contribution in [0.2, 0.25) is 0 Å². The first-order valence-electron chi connectivity index (χ1n) is 17.5. The van der Waals surface area contributed by atoms with Gasteiger partial charge in [0.05, 0.1) is 32.9 Å². The lowest BCUT2D eigenvalue weighted by molar-refractivity contribution is -0.137. The van der Waals surface area contributed by atoms with Crippen LogP contribution >= 0.6 is 0 Å². The molecule has 2 aliphatic rings. The Balaban J connectivity index is 1.32. The largest absolute Gasteiger partial charge is 0.497 e. The number of anilines is 2. The molecule has 10 nitrogen and oxygen atoms in total. The van der Waals surface area contributed by atoms with Gasteiger partial charge in [0, 0.05) is 60.9 Å². The predicted octanol–water partition coefficient (Wildman–Crippen LogP) is 6.88. The minimum absolute atomic E-state index is 0.0459. The molecule has 3 heterocycles. The van der Waals surface area contributed by atoms with Crippen LogP contribution in [0.5, 0.6) is 11.5 Å². The van der Waals surface area contributed by atoms with Crippen LogP contribution in [0, 0.1) is 11.6 Å². The molecule has 0 bridgehead atoms. The van der Waals surface area contributed by atoms with Crippen molar-refractivity contribution < 1.29 is 44.6 Å². The van der Waals surface area contributed by atoms with Gasteiger partial charge in [-0.15, -0.1) is 0 Å². The van der Waals surface area contributed by atoms with Crippen molar-refractivity contribution >= 4 is 21.5 Å². The zero-order chi connectivity index (χ0) is 38.7. The van der Waals surface area contributed by atoms with E-state index in [1.54, 1.807) is 24.3 Å². The van der Waals surface area contributed by atoms with Gasteiger partial charge in [-0.1, -0.05) is 18.2 Å². The van der Waals surface area contributed by atoms with E-state index in [2.05, 4.69) is 14.9 Å². The molecule has 0 radical (unpaired) electrons. The lowest BCUT2D eigenvalue weighted by Gasteiger charge is -2.51. The van der Waals surface area contributed by atoms with E-state index in [-0.39, 0.29) is 29.8 Å². The summed E-state index contributed by atoms with van der Waals surface area (Å²) in [5.41, 5.74) is -0.258. The normalized spacial score (nSPS) is 19.3. The molecule has 4 aromatic rings. The third-order valence-electron chi connectivity index (χ3n) is 10.4. The summed E-state index contributed by atoms with van der Waals surface area (Å²) in [7, 11) is -0.0837. The highest BCUT2D eigenvalue weighted by atomic mass is 32.2. The molecule has 0 spiro atoms. The Morgan fingerprint density at radius 2 is 1.81 bits per heavy atom. The van der Waals surface area contributed by atoms with Crippen LogP contribution in [0.15, 0.2) is 78.1 Å². The lowest BCUT2D eigenvalue weighted by atomic mass is 9.80. The summed E-state index contributed by atoms with van der Waals surface area (Å²) in [5.74, 6) is -1.95. The number of halogens is 5.